The lowest BCUT2D eigenvalue weighted by Crippen LogP contribution is -2.07. The van der Waals surface area contributed by atoms with Gasteiger partial charge in [0, 0.05) is 6.08 Å². The second-order valence-electron chi connectivity index (χ2n) is 4.19. The Balaban J connectivity index is 2.11. The van der Waals surface area contributed by atoms with Crippen LogP contribution in [0.5, 0.6) is 0 Å². The van der Waals surface area contributed by atoms with Crippen LogP contribution in [0.3, 0.4) is 0 Å². The summed E-state index contributed by atoms with van der Waals surface area (Å²) in [5.74, 6) is -1.70. The van der Waals surface area contributed by atoms with E-state index in [4.69, 9.17) is 0 Å². The smallest absolute Gasteiger partial charge is 0.297 e. The minimum absolute atomic E-state index is 0.0511. The van der Waals surface area contributed by atoms with Crippen LogP contribution in [0.25, 0.3) is 6.08 Å². The first-order chi connectivity index (χ1) is 11.2. The summed E-state index contributed by atoms with van der Waals surface area (Å²) >= 11 is 0.129. The normalized spacial score (nSPS) is 11.7. The van der Waals surface area contributed by atoms with E-state index in [2.05, 4.69) is 10.2 Å². The largest absolute Gasteiger partial charge is 0.445 e. The zero-order valence-electron chi connectivity index (χ0n) is 11.4. The molecule has 1 aromatic carbocycles. The molecule has 0 fully saturated rings. The molecular formula is C12H6F4N4O3S. The van der Waals surface area contributed by atoms with Crippen LogP contribution >= 0.6 is 11.3 Å². The number of hydrogen-bond donors (Lipinski definition) is 1. The van der Waals surface area contributed by atoms with Crippen molar-refractivity contribution in [1.82, 2.24) is 10.2 Å². The first-order valence-electron chi connectivity index (χ1n) is 6.00. The molecule has 24 heavy (non-hydrogen) atoms. The summed E-state index contributed by atoms with van der Waals surface area (Å²) in [6.07, 6.45) is -2.81. The summed E-state index contributed by atoms with van der Waals surface area (Å²) in [5, 5.41) is 17.3. The number of rotatable bonds is 4. The summed E-state index contributed by atoms with van der Waals surface area (Å²) < 4.78 is 50.0. The van der Waals surface area contributed by atoms with Crippen molar-refractivity contribution in [1.29, 1.82) is 0 Å². The van der Waals surface area contributed by atoms with Crippen LogP contribution in [-0.2, 0) is 11.0 Å². The van der Waals surface area contributed by atoms with Gasteiger partial charge in [0.25, 0.3) is 5.69 Å². The number of carbonyl (C=O) groups is 1. The number of alkyl halides is 3. The number of nitrogens with one attached hydrogen (secondary N) is 1. The molecule has 2 rings (SSSR count). The van der Waals surface area contributed by atoms with Gasteiger partial charge >= 0.3 is 6.18 Å². The standard InChI is InChI=1S/C12H6F4N4O3S/c13-7-3-1-6(8(5-7)20(22)23)2-4-9(21)17-11-19-18-10(24-11)12(14,15)16/h1-5H,(H,17,19,21). The van der Waals surface area contributed by atoms with Gasteiger partial charge in [0.05, 0.1) is 16.6 Å². The van der Waals surface area contributed by atoms with Crippen LogP contribution in [0.4, 0.5) is 28.4 Å². The van der Waals surface area contributed by atoms with E-state index >= 15 is 0 Å². The van der Waals surface area contributed by atoms with Crippen LogP contribution in [0.2, 0.25) is 0 Å². The molecule has 1 heterocycles. The number of amides is 1. The van der Waals surface area contributed by atoms with Crippen molar-refractivity contribution in [2.75, 3.05) is 5.32 Å². The number of benzene rings is 1. The molecule has 0 aliphatic carbocycles. The molecule has 0 aliphatic heterocycles. The molecule has 0 atom stereocenters. The van der Waals surface area contributed by atoms with Crippen LogP contribution in [0.1, 0.15) is 10.6 Å². The van der Waals surface area contributed by atoms with Gasteiger partial charge in [-0.05, 0) is 18.2 Å². The van der Waals surface area contributed by atoms with Gasteiger partial charge < -0.3 is 0 Å². The summed E-state index contributed by atoms with van der Waals surface area (Å²) in [6.45, 7) is 0. The molecule has 0 unspecified atom stereocenters. The fourth-order valence-electron chi connectivity index (χ4n) is 1.52. The predicted molar refractivity (Wildman–Crippen MR) is 75.6 cm³/mol. The summed E-state index contributed by atoms with van der Waals surface area (Å²) in [7, 11) is 0. The lowest BCUT2D eigenvalue weighted by atomic mass is 10.1. The second-order valence-corrected chi connectivity index (χ2v) is 5.17. The highest BCUT2D eigenvalue weighted by molar-refractivity contribution is 7.15. The van der Waals surface area contributed by atoms with Gasteiger partial charge in [0.1, 0.15) is 5.82 Å². The van der Waals surface area contributed by atoms with E-state index in [1.807, 2.05) is 5.32 Å². The lowest BCUT2D eigenvalue weighted by Gasteiger charge is -1.99. The Morgan fingerprint density at radius 2 is 2.04 bits per heavy atom. The number of hydrogen-bond acceptors (Lipinski definition) is 6. The first-order valence-corrected chi connectivity index (χ1v) is 6.82. The molecule has 0 saturated carbocycles. The fraction of sp³-hybridized carbons (Fsp3) is 0.0833. The van der Waals surface area contributed by atoms with E-state index < -0.39 is 33.5 Å². The molecule has 1 aromatic heterocycles. The molecule has 0 aliphatic rings. The minimum atomic E-state index is -4.68. The molecule has 1 N–H and O–H groups in total. The molecular weight excluding hydrogens is 356 g/mol. The third kappa shape index (κ3) is 4.32. The minimum Gasteiger partial charge on any atom is -0.297 e. The molecule has 0 spiro atoms. The zero-order valence-corrected chi connectivity index (χ0v) is 12.2. The van der Waals surface area contributed by atoms with E-state index in [1.54, 1.807) is 0 Å². The van der Waals surface area contributed by atoms with Gasteiger partial charge in [-0.2, -0.15) is 13.2 Å². The molecule has 126 valence electrons. The Labute approximate surface area is 134 Å². The van der Waals surface area contributed by atoms with Gasteiger partial charge in [-0.3, -0.25) is 20.2 Å². The molecule has 0 radical (unpaired) electrons. The number of carbonyl (C=O) groups excluding carboxylic acids is 1. The highest BCUT2D eigenvalue weighted by Gasteiger charge is 2.35. The quantitative estimate of drug-likeness (QED) is 0.390. The molecule has 1 amide bonds. The first kappa shape index (κ1) is 17.5. The third-order valence-corrected chi connectivity index (χ3v) is 3.38. The number of aromatic nitrogens is 2. The Hall–Kier alpha value is -2.89. The van der Waals surface area contributed by atoms with Gasteiger partial charge in [0.2, 0.25) is 16.0 Å². The molecule has 12 heteroatoms. The average Bonchev–Trinajstić information content (AvgIpc) is 2.94. The van der Waals surface area contributed by atoms with Crippen molar-refractivity contribution in [3.63, 3.8) is 0 Å². The van der Waals surface area contributed by atoms with Crippen molar-refractivity contribution in [2.45, 2.75) is 6.18 Å². The number of nitro benzene ring substituents is 1. The number of nitro groups is 1. The Kier molecular flexibility index (Phi) is 4.87. The van der Waals surface area contributed by atoms with Crippen molar-refractivity contribution >= 4 is 34.1 Å². The Bertz CT molecular complexity index is 819. The molecule has 0 bridgehead atoms. The molecule has 2 aromatic rings. The van der Waals surface area contributed by atoms with Crippen LogP contribution in [0, 0.1) is 15.9 Å². The lowest BCUT2D eigenvalue weighted by molar-refractivity contribution is -0.385. The van der Waals surface area contributed by atoms with E-state index in [0.717, 1.165) is 24.3 Å². The maximum Gasteiger partial charge on any atom is 0.445 e. The third-order valence-electron chi connectivity index (χ3n) is 2.50. The molecule has 0 saturated heterocycles. The van der Waals surface area contributed by atoms with E-state index in [1.165, 1.54) is 0 Å². The van der Waals surface area contributed by atoms with E-state index in [-0.39, 0.29) is 22.0 Å². The monoisotopic (exact) mass is 362 g/mol. The van der Waals surface area contributed by atoms with Crippen LogP contribution in [0.15, 0.2) is 24.3 Å². The van der Waals surface area contributed by atoms with E-state index in [9.17, 15) is 32.5 Å². The van der Waals surface area contributed by atoms with Gasteiger partial charge in [-0.25, -0.2) is 4.39 Å². The van der Waals surface area contributed by atoms with Gasteiger partial charge in [-0.1, -0.05) is 11.3 Å². The fourth-order valence-corrected chi connectivity index (χ4v) is 2.13. The number of halogens is 4. The molecule has 7 nitrogen and oxygen atoms in total. The second kappa shape index (κ2) is 6.70. The zero-order chi connectivity index (χ0) is 17.9. The SMILES string of the molecule is O=C(C=Cc1ccc(F)cc1[N+](=O)[O-])Nc1nnc(C(F)(F)F)s1. The Morgan fingerprint density at radius 1 is 1.33 bits per heavy atom. The number of nitrogens with zero attached hydrogens (tertiary/aromatic N) is 3. The van der Waals surface area contributed by atoms with Crippen LogP contribution < -0.4 is 5.32 Å². The summed E-state index contributed by atoms with van der Waals surface area (Å²) in [6, 6.07) is 2.73. The Morgan fingerprint density at radius 3 is 2.62 bits per heavy atom. The van der Waals surface area contributed by atoms with Crippen molar-refractivity contribution in [2.24, 2.45) is 0 Å². The van der Waals surface area contributed by atoms with Gasteiger partial charge in [0.15, 0.2) is 0 Å². The topological polar surface area (TPSA) is 98.0 Å². The highest BCUT2D eigenvalue weighted by atomic mass is 32.1. The summed E-state index contributed by atoms with van der Waals surface area (Å²) in [5.41, 5.74) is -0.612. The van der Waals surface area contributed by atoms with Crippen molar-refractivity contribution in [3.05, 3.63) is 50.8 Å². The van der Waals surface area contributed by atoms with E-state index in [0.29, 0.717) is 6.07 Å². The van der Waals surface area contributed by atoms with Crippen molar-refractivity contribution < 1.29 is 27.3 Å². The van der Waals surface area contributed by atoms with Crippen LogP contribution in [-0.4, -0.2) is 21.0 Å². The number of anilines is 1. The maximum absolute atomic E-state index is 13.0. The maximum atomic E-state index is 13.0. The van der Waals surface area contributed by atoms with Gasteiger partial charge in [-0.15, -0.1) is 10.2 Å². The summed E-state index contributed by atoms with van der Waals surface area (Å²) in [4.78, 5) is 21.6. The van der Waals surface area contributed by atoms with Crippen molar-refractivity contribution in [3.8, 4) is 0 Å². The predicted octanol–water partition coefficient (Wildman–Crippen LogP) is 3.26. The highest BCUT2D eigenvalue weighted by Crippen LogP contribution is 2.33. The average molecular weight is 362 g/mol.